The Balaban J connectivity index is 1.68. The highest BCUT2D eigenvalue weighted by Gasteiger charge is 2.35. The molecule has 0 saturated heterocycles. The Kier molecular flexibility index (Phi) is 24.4. The second-order valence-electron chi connectivity index (χ2n) is 13.7. The molecule has 2 unspecified atom stereocenters. The van der Waals surface area contributed by atoms with Crippen LogP contribution in [0.3, 0.4) is 0 Å². The van der Waals surface area contributed by atoms with Crippen LogP contribution in [0.4, 0.5) is 0 Å². The fourth-order valence-electron chi connectivity index (χ4n) is 7.01. The normalized spacial score (nSPS) is 14.1. The van der Waals surface area contributed by atoms with Gasteiger partial charge in [0.2, 0.25) is 6.17 Å². The maximum absolute atomic E-state index is 4.76. The van der Waals surface area contributed by atoms with E-state index in [9.17, 15) is 0 Å². The van der Waals surface area contributed by atoms with Gasteiger partial charge in [-0.1, -0.05) is 215 Å². The predicted octanol–water partition coefficient (Wildman–Crippen LogP) is 13.7. The molecule has 2 nitrogen and oxygen atoms in total. The first-order valence-corrected chi connectivity index (χ1v) is 19.3. The Labute approximate surface area is 269 Å². The number of nitrogens with zero attached hydrogens (tertiary/aromatic N) is 2. The number of unbranched alkanes of at least 4 members (excludes halogenated alkanes) is 23. The molecule has 1 aliphatic heterocycles. The van der Waals surface area contributed by atoms with E-state index in [1.165, 1.54) is 179 Å². The molecule has 0 aromatic heterocycles. The first-order chi connectivity index (χ1) is 21.3. The lowest BCUT2D eigenvalue weighted by molar-refractivity contribution is 0.284. The van der Waals surface area contributed by atoms with Gasteiger partial charge in [-0.25, -0.2) is 0 Å². The molecule has 43 heavy (non-hydrogen) atoms. The molecule has 1 aromatic carbocycles. The molecule has 0 N–H and O–H groups in total. The van der Waals surface area contributed by atoms with Gasteiger partial charge >= 0.3 is 0 Å². The molecular weight excluding hydrogens is 520 g/mol. The molecule has 0 radical (unpaired) electrons. The van der Waals surface area contributed by atoms with Crippen molar-refractivity contribution in [2.75, 3.05) is 0 Å². The van der Waals surface area contributed by atoms with Crippen molar-refractivity contribution in [1.82, 2.24) is 0 Å². The van der Waals surface area contributed by atoms with Gasteiger partial charge in [-0.15, -0.1) is 0 Å². The van der Waals surface area contributed by atoms with Crippen LogP contribution in [0.25, 0.3) is 0 Å². The van der Waals surface area contributed by atoms with Gasteiger partial charge in [0.15, 0.2) is 12.4 Å². The Hall–Kier alpha value is -1.57. The van der Waals surface area contributed by atoms with E-state index in [1.807, 2.05) is 12.4 Å². The minimum Gasteiger partial charge on any atom is -0.0965 e. The van der Waals surface area contributed by atoms with Crippen LogP contribution in [0.1, 0.15) is 193 Å². The third kappa shape index (κ3) is 20.2. The van der Waals surface area contributed by atoms with Gasteiger partial charge < -0.3 is 0 Å². The van der Waals surface area contributed by atoms with Crippen LogP contribution in [-0.2, 0) is 6.42 Å². The highest BCUT2D eigenvalue weighted by molar-refractivity contribution is 6.18. The SMILES string of the molecule is CCCCCCCCCCCCCCCCC([C+]1N=CC=N1)C(CCCCCCCCCCCCC)Cc1ccccc1. The Morgan fingerprint density at radius 3 is 1.26 bits per heavy atom. The average molecular weight is 592 g/mol. The molecule has 0 amide bonds. The zero-order valence-corrected chi connectivity index (χ0v) is 28.9. The molecule has 2 heteroatoms. The van der Waals surface area contributed by atoms with Crippen LogP contribution < -0.4 is 0 Å². The second-order valence-corrected chi connectivity index (χ2v) is 13.7. The van der Waals surface area contributed by atoms with Crippen molar-refractivity contribution in [1.29, 1.82) is 0 Å². The Bertz CT molecular complexity index is 757. The summed E-state index contributed by atoms with van der Waals surface area (Å²) in [6, 6.07) is 11.2. The molecule has 0 spiro atoms. The van der Waals surface area contributed by atoms with Crippen molar-refractivity contribution >= 4 is 12.4 Å². The Morgan fingerprint density at radius 2 is 0.837 bits per heavy atom. The summed E-state index contributed by atoms with van der Waals surface area (Å²) in [5.41, 5.74) is 1.48. The minimum absolute atomic E-state index is 0.496. The largest absolute Gasteiger partial charge is 0.244 e. The van der Waals surface area contributed by atoms with E-state index in [1.54, 1.807) is 0 Å². The van der Waals surface area contributed by atoms with Gasteiger partial charge in [-0.2, -0.15) is 0 Å². The summed E-state index contributed by atoms with van der Waals surface area (Å²) in [6.45, 7) is 4.61. The zero-order valence-electron chi connectivity index (χ0n) is 28.9. The second kappa shape index (κ2) is 27.9. The van der Waals surface area contributed by atoms with Crippen molar-refractivity contribution in [3.63, 3.8) is 0 Å². The smallest absolute Gasteiger partial charge is 0.0965 e. The standard InChI is InChI=1S/C41H71N2/c1-3-5-7-9-11-13-15-16-17-19-21-23-25-30-34-40(41-42-35-36-43-41)39(37-38-31-27-26-28-32-38)33-29-24-22-20-18-14-12-10-8-6-4-2/h26-28,31-32,35-36,39-40H,3-25,29-30,33-34,37H2,1-2H3/q+1. The van der Waals surface area contributed by atoms with E-state index in [-0.39, 0.29) is 0 Å². The summed E-state index contributed by atoms with van der Waals surface area (Å²) in [5, 5.41) is 0. The highest BCUT2D eigenvalue weighted by atomic mass is 15.0. The summed E-state index contributed by atoms with van der Waals surface area (Å²) in [4.78, 5) is 9.51. The fraction of sp³-hybridized carbons (Fsp3) is 0.780. The lowest BCUT2D eigenvalue weighted by atomic mass is 9.78. The van der Waals surface area contributed by atoms with Gasteiger partial charge in [0.25, 0.3) is 0 Å². The van der Waals surface area contributed by atoms with Crippen LogP contribution in [0.15, 0.2) is 40.3 Å². The van der Waals surface area contributed by atoms with Gasteiger partial charge in [-0.05, 0) is 30.7 Å². The predicted molar refractivity (Wildman–Crippen MR) is 193 cm³/mol. The third-order valence-corrected chi connectivity index (χ3v) is 9.77. The van der Waals surface area contributed by atoms with E-state index >= 15 is 0 Å². The molecular formula is C41H71N2+. The molecule has 0 aliphatic carbocycles. The third-order valence-electron chi connectivity index (χ3n) is 9.77. The Morgan fingerprint density at radius 1 is 0.465 bits per heavy atom. The highest BCUT2D eigenvalue weighted by Crippen LogP contribution is 2.37. The first-order valence-electron chi connectivity index (χ1n) is 19.3. The maximum Gasteiger partial charge on any atom is 0.244 e. The molecule has 0 saturated carbocycles. The summed E-state index contributed by atoms with van der Waals surface area (Å²) in [6.07, 6.45) is 44.1. The molecule has 1 aromatic rings. The lowest BCUT2D eigenvalue weighted by Crippen LogP contribution is -2.22. The molecule has 1 heterocycles. The van der Waals surface area contributed by atoms with Crippen LogP contribution in [-0.4, -0.2) is 12.4 Å². The summed E-state index contributed by atoms with van der Waals surface area (Å²) in [5.74, 6) is 1.14. The number of rotatable bonds is 31. The van der Waals surface area contributed by atoms with Crippen molar-refractivity contribution < 1.29 is 0 Å². The monoisotopic (exact) mass is 592 g/mol. The number of aliphatic imine (C=N–C) groups is 2. The van der Waals surface area contributed by atoms with E-state index < -0.39 is 0 Å². The summed E-state index contributed by atoms with van der Waals surface area (Å²) >= 11 is 0. The summed E-state index contributed by atoms with van der Waals surface area (Å²) in [7, 11) is 0. The molecule has 0 fully saturated rings. The van der Waals surface area contributed by atoms with Crippen molar-refractivity contribution in [2.24, 2.45) is 21.8 Å². The van der Waals surface area contributed by atoms with Crippen molar-refractivity contribution in [3.8, 4) is 0 Å². The van der Waals surface area contributed by atoms with Crippen LogP contribution in [0, 0.1) is 18.0 Å². The van der Waals surface area contributed by atoms with Crippen LogP contribution >= 0.6 is 0 Å². The maximum atomic E-state index is 4.76. The average Bonchev–Trinajstić information content (AvgIpc) is 3.57. The van der Waals surface area contributed by atoms with Crippen molar-refractivity contribution in [3.05, 3.63) is 42.1 Å². The summed E-state index contributed by atoms with van der Waals surface area (Å²) < 4.78 is 0. The van der Waals surface area contributed by atoms with Gasteiger partial charge in [0, 0.05) is 0 Å². The molecule has 244 valence electrons. The zero-order chi connectivity index (χ0) is 30.5. The quantitative estimate of drug-likeness (QED) is 0.0606. The lowest BCUT2D eigenvalue weighted by Gasteiger charge is -2.26. The topological polar surface area (TPSA) is 24.7 Å². The van der Waals surface area contributed by atoms with Crippen LogP contribution in [0.2, 0.25) is 0 Å². The van der Waals surface area contributed by atoms with Gasteiger partial charge in [0.05, 0.1) is 5.92 Å². The minimum atomic E-state index is 0.496. The molecule has 2 atom stereocenters. The fourth-order valence-corrected chi connectivity index (χ4v) is 7.01. The van der Waals surface area contributed by atoms with E-state index in [4.69, 9.17) is 9.98 Å². The molecule has 1 aliphatic rings. The van der Waals surface area contributed by atoms with Gasteiger partial charge in [-0.3, -0.25) is 0 Å². The van der Waals surface area contributed by atoms with Gasteiger partial charge in [0.1, 0.15) is 0 Å². The van der Waals surface area contributed by atoms with E-state index in [0.717, 1.165) is 12.6 Å². The molecule has 2 rings (SSSR count). The van der Waals surface area contributed by atoms with Crippen LogP contribution in [0.5, 0.6) is 0 Å². The first kappa shape index (κ1) is 37.6. The van der Waals surface area contributed by atoms with Crippen molar-refractivity contribution in [2.45, 2.75) is 194 Å². The van der Waals surface area contributed by atoms with E-state index in [0.29, 0.717) is 11.8 Å². The van der Waals surface area contributed by atoms with E-state index in [2.05, 4.69) is 44.2 Å². The number of benzene rings is 1. The molecule has 0 bridgehead atoms. The number of hydrogen-bond acceptors (Lipinski definition) is 2. The number of hydrogen-bond donors (Lipinski definition) is 0.